The molecule has 7 heteroatoms. The molecule has 2 heterocycles. The van der Waals surface area contributed by atoms with Gasteiger partial charge < -0.3 is 5.32 Å². The number of rotatable bonds is 2. The third kappa shape index (κ3) is 2.66. The van der Waals surface area contributed by atoms with Crippen LogP contribution in [0.2, 0.25) is 0 Å². The summed E-state index contributed by atoms with van der Waals surface area (Å²) in [5, 5.41) is 2.81. The fourth-order valence-corrected chi connectivity index (χ4v) is 4.75. The van der Waals surface area contributed by atoms with Crippen molar-refractivity contribution in [1.29, 1.82) is 0 Å². The maximum absolute atomic E-state index is 12.0. The Labute approximate surface area is 104 Å². The number of carbonyl (C=O) groups excluding carboxylic acids is 1. The maximum atomic E-state index is 12.0. The summed E-state index contributed by atoms with van der Waals surface area (Å²) in [7, 11) is -3.01. The highest BCUT2D eigenvalue weighted by molar-refractivity contribution is 7.91. The molecule has 0 saturated carbocycles. The van der Waals surface area contributed by atoms with Crippen LogP contribution in [0.15, 0.2) is 5.51 Å². The molecule has 0 radical (unpaired) electrons. The summed E-state index contributed by atoms with van der Waals surface area (Å²) in [5.41, 5.74) is 1.64. The number of nitrogens with zero attached hydrogens (tertiary/aromatic N) is 1. The van der Waals surface area contributed by atoms with Gasteiger partial charge in [-0.15, -0.1) is 11.3 Å². The summed E-state index contributed by atoms with van der Waals surface area (Å²) in [5.74, 6) is -0.0701. The molecule has 0 aliphatic carbocycles. The Kier molecular flexibility index (Phi) is 2.99. The van der Waals surface area contributed by atoms with Gasteiger partial charge in [-0.2, -0.15) is 0 Å². The second-order valence-corrected chi connectivity index (χ2v) is 7.66. The average Bonchev–Trinajstić information content (AvgIpc) is 2.70. The molecule has 5 nitrogen and oxygen atoms in total. The predicted molar refractivity (Wildman–Crippen MR) is 66.0 cm³/mol. The van der Waals surface area contributed by atoms with Crippen LogP contribution in [0, 0.1) is 6.92 Å². The first-order valence-electron chi connectivity index (χ1n) is 5.24. The fraction of sp³-hybridized carbons (Fsp3) is 0.600. The number of amides is 1. The number of aromatic nitrogens is 1. The molecule has 1 aliphatic heterocycles. The van der Waals surface area contributed by atoms with Crippen LogP contribution >= 0.6 is 11.3 Å². The van der Waals surface area contributed by atoms with Crippen LogP contribution in [0.3, 0.4) is 0 Å². The van der Waals surface area contributed by atoms with Gasteiger partial charge >= 0.3 is 0 Å². The van der Waals surface area contributed by atoms with E-state index >= 15 is 0 Å². The van der Waals surface area contributed by atoms with E-state index in [0.717, 1.165) is 0 Å². The molecular weight excluding hydrogens is 260 g/mol. The molecular formula is C10H14N2O3S2. The van der Waals surface area contributed by atoms with Crippen LogP contribution in [0.4, 0.5) is 0 Å². The maximum Gasteiger partial charge on any atom is 0.263 e. The van der Waals surface area contributed by atoms with Crippen molar-refractivity contribution >= 4 is 27.1 Å². The van der Waals surface area contributed by atoms with Crippen LogP contribution in [-0.4, -0.2) is 36.4 Å². The highest BCUT2D eigenvalue weighted by Crippen LogP contribution is 2.24. The molecule has 1 N–H and O–H groups in total. The van der Waals surface area contributed by atoms with E-state index in [2.05, 4.69) is 10.3 Å². The number of aryl methyl sites for hydroxylation is 1. The molecule has 0 aromatic carbocycles. The normalized spacial score (nSPS) is 26.9. The summed E-state index contributed by atoms with van der Waals surface area (Å²) in [6.07, 6.45) is 0.471. The van der Waals surface area contributed by atoms with E-state index in [4.69, 9.17) is 0 Å². The highest BCUT2D eigenvalue weighted by atomic mass is 32.2. The Balaban J connectivity index is 2.13. The number of thiazole rings is 1. The fourth-order valence-electron chi connectivity index (χ4n) is 1.96. The minimum atomic E-state index is -3.01. The zero-order valence-corrected chi connectivity index (χ0v) is 11.3. The van der Waals surface area contributed by atoms with Crippen LogP contribution in [0.25, 0.3) is 0 Å². The second-order valence-electron chi connectivity index (χ2n) is 4.62. The van der Waals surface area contributed by atoms with E-state index in [1.807, 2.05) is 0 Å². The number of nitrogens with one attached hydrogen (secondary N) is 1. The minimum Gasteiger partial charge on any atom is -0.345 e. The van der Waals surface area contributed by atoms with Crippen molar-refractivity contribution in [3.63, 3.8) is 0 Å². The van der Waals surface area contributed by atoms with Crippen LogP contribution in [-0.2, 0) is 9.84 Å². The molecule has 0 bridgehead atoms. The first-order valence-corrected chi connectivity index (χ1v) is 7.94. The Morgan fingerprint density at radius 1 is 1.59 bits per heavy atom. The molecule has 1 aromatic heterocycles. The summed E-state index contributed by atoms with van der Waals surface area (Å²) < 4.78 is 22.8. The zero-order chi connectivity index (χ0) is 12.7. The van der Waals surface area contributed by atoms with Gasteiger partial charge in [0.1, 0.15) is 4.88 Å². The standard InChI is InChI=1S/C10H14N2O3S2/c1-7-8(16-6-11-7)9(13)12-10(2)3-4-17(14,15)5-10/h6H,3-5H2,1-2H3,(H,12,13). The lowest BCUT2D eigenvalue weighted by atomic mass is 10.0. The molecule has 1 amide bonds. The van der Waals surface area contributed by atoms with Crippen molar-refractivity contribution < 1.29 is 13.2 Å². The largest absolute Gasteiger partial charge is 0.345 e. The number of sulfone groups is 1. The third-order valence-corrected chi connectivity index (χ3v) is 5.70. The van der Waals surface area contributed by atoms with Crippen LogP contribution in [0.5, 0.6) is 0 Å². The lowest BCUT2D eigenvalue weighted by molar-refractivity contribution is 0.0919. The van der Waals surface area contributed by atoms with Crippen LogP contribution in [0.1, 0.15) is 28.7 Å². The third-order valence-electron chi connectivity index (χ3n) is 2.87. The molecule has 1 fully saturated rings. The van der Waals surface area contributed by atoms with Crippen molar-refractivity contribution in [3.8, 4) is 0 Å². The van der Waals surface area contributed by atoms with Crippen molar-refractivity contribution in [1.82, 2.24) is 10.3 Å². The van der Waals surface area contributed by atoms with Gasteiger partial charge in [0.2, 0.25) is 0 Å². The smallest absolute Gasteiger partial charge is 0.263 e. The topological polar surface area (TPSA) is 76.1 Å². The van der Waals surface area contributed by atoms with E-state index in [0.29, 0.717) is 17.0 Å². The zero-order valence-electron chi connectivity index (χ0n) is 9.69. The molecule has 0 spiro atoms. The van der Waals surface area contributed by atoms with E-state index in [1.54, 1.807) is 19.4 Å². The Morgan fingerprint density at radius 3 is 2.76 bits per heavy atom. The first kappa shape index (κ1) is 12.5. The Hall–Kier alpha value is -0.950. The average molecular weight is 274 g/mol. The Morgan fingerprint density at radius 2 is 2.29 bits per heavy atom. The summed E-state index contributed by atoms with van der Waals surface area (Å²) >= 11 is 1.27. The Bertz CT molecular complexity index is 550. The SMILES string of the molecule is Cc1ncsc1C(=O)NC1(C)CCS(=O)(=O)C1. The van der Waals surface area contributed by atoms with Gasteiger partial charge in [0.15, 0.2) is 9.84 Å². The van der Waals surface area contributed by atoms with Crippen molar-refractivity contribution in [3.05, 3.63) is 16.1 Å². The molecule has 2 rings (SSSR count). The predicted octanol–water partition coefficient (Wildman–Crippen LogP) is 0.759. The van der Waals surface area contributed by atoms with E-state index in [1.165, 1.54) is 11.3 Å². The number of hydrogen-bond donors (Lipinski definition) is 1. The lowest BCUT2D eigenvalue weighted by Gasteiger charge is -2.23. The van der Waals surface area contributed by atoms with Gasteiger partial charge in [-0.25, -0.2) is 13.4 Å². The molecule has 1 aromatic rings. The van der Waals surface area contributed by atoms with Gasteiger partial charge in [0.25, 0.3) is 5.91 Å². The van der Waals surface area contributed by atoms with Gasteiger partial charge in [0.05, 0.1) is 28.2 Å². The van der Waals surface area contributed by atoms with E-state index in [-0.39, 0.29) is 17.4 Å². The minimum absolute atomic E-state index is 0.0175. The van der Waals surface area contributed by atoms with E-state index in [9.17, 15) is 13.2 Å². The summed E-state index contributed by atoms with van der Waals surface area (Å²) in [4.78, 5) is 16.5. The number of carbonyl (C=O) groups is 1. The van der Waals surface area contributed by atoms with Crippen molar-refractivity contribution in [2.24, 2.45) is 0 Å². The molecule has 1 aliphatic rings. The summed E-state index contributed by atoms with van der Waals surface area (Å²) in [6, 6.07) is 0. The van der Waals surface area contributed by atoms with Gasteiger partial charge in [-0.3, -0.25) is 4.79 Å². The monoisotopic (exact) mass is 274 g/mol. The van der Waals surface area contributed by atoms with Gasteiger partial charge in [-0.05, 0) is 20.3 Å². The van der Waals surface area contributed by atoms with Crippen molar-refractivity contribution in [2.45, 2.75) is 25.8 Å². The molecule has 94 valence electrons. The van der Waals surface area contributed by atoms with Gasteiger partial charge in [0, 0.05) is 0 Å². The molecule has 1 saturated heterocycles. The molecule has 1 atom stereocenters. The van der Waals surface area contributed by atoms with Gasteiger partial charge in [-0.1, -0.05) is 0 Å². The van der Waals surface area contributed by atoms with E-state index < -0.39 is 15.4 Å². The first-order chi connectivity index (χ1) is 7.81. The highest BCUT2D eigenvalue weighted by Gasteiger charge is 2.39. The second kappa shape index (κ2) is 4.06. The lowest BCUT2D eigenvalue weighted by Crippen LogP contribution is -2.46. The van der Waals surface area contributed by atoms with Crippen molar-refractivity contribution in [2.75, 3.05) is 11.5 Å². The number of hydrogen-bond acceptors (Lipinski definition) is 5. The molecule has 1 unspecified atom stereocenters. The molecule has 17 heavy (non-hydrogen) atoms. The summed E-state index contributed by atoms with van der Waals surface area (Å²) in [6.45, 7) is 3.53. The van der Waals surface area contributed by atoms with Crippen LogP contribution < -0.4 is 5.32 Å². The quantitative estimate of drug-likeness (QED) is 0.863.